The Morgan fingerprint density at radius 2 is 2.22 bits per heavy atom. The minimum Gasteiger partial charge on any atom is -0.388 e. The Morgan fingerprint density at radius 3 is 2.78 bits per heavy atom. The fourth-order valence-corrected chi connectivity index (χ4v) is 2.52. The van der Waals surface area contributed by atoms with Crippen molar-refractivity contribution >= 4 is 11.8 Å². The third-order valence-corrected chi connectivity index (χ3v) is 3.66. The van der Waals surface area contributed by atoms with E-state index in [4.69, 9.17) is 5.26 Å². The Hall–Kier alpha value is -1.02. The zero-order valence-corrected chi connectivity index (χ0v) is 12.0. The Kier molecular flexibility index (Phi) is 5.67. The maximum Gasteiger partial charge on any atom is 0.0991 e. The molecule has 0 spiro atoms. The highest BCUT2D eigenvalue weighted by Gasteiger charge is 2.18. The average Bonchev–Trinajstić information content (AvgIpc) is 2.31. The number of rotatable bonds is 6. The number of aliphatic hydroxyl groups is 1. The minimum atomic E-state index is -0.681. The maximum absolute atomic E-state index is 10.0. The van der Waals surface area contributed by atoms with Gasteiger partial charge in [0.05, 0.1) is 17.2 Å². The minimum absolute atomic E-state index is 0.563. The smallest absolute Gasteiger partial charge is 0.0991 e. The molecule has 0 amide bonds. The summed E-state index contributed by atoms with van der Waals surface area (Å²) in [6, 6.07) is 7.80. The van der Waals surface area contributed by atoms with E-state index in [1.54, 1.807) is 11.8 Å². The maximum atomic E-state index is 10.0. The van der Waals surface area contributed by atoms with E-state index in [1.807, 2.05) is 38.3 Å². The van der Waals surface area contributed by atoms with Crippen molar-refractivity contribution in [3.8, 4) is 6.07 Å². The van der Waals surface area contributed by atoms with E-state index >= 15 is 0 Å². The van der Waals surface area contributed by atoms with Crippen molar-refractivity contribution in [2.24, 2.45) is 0 Å². The molecule has 1 aromatic rings. The van der Waals surface area contributed by atoms with Gasteiger partial charge in [-0.25, -0.2) is 0 Å². The Bertz CT molecular complexity index is 438. The topological polar surface area (TPSA) is 56.0 Å². The molecule has 1 aromatic carbocycles. The van der Waals surface area contributed by atoms with Crippen molar-refractivity contribution in [1.82, 2.24) is 5.32 Å². The molecule has 1 rings (SSSR count). The van der Waals surface area contributed by atoms with Crippen molar-refractivity contribution in [1.29, 1.82) is 5.26 Å². The summed E-state index contributed by atoms with van der Waals surface area (Å²) in [6.07, 6.45) is 1.99. The molecule has 2 N–H and O–H groups in total. The molecular formula is C14H20N2OS. The van der Waals surface area contributed by atoms with E-state index in [9.17, 15) is 5.11 Å². The van der Waals surface area contributed by atoms with Crippen LogP contribution in [0.25, 0.3) is 0 Å². The van der Waals surface area contributed by atoms with E-state index in [0.717, 1.165) is 11.1 Å². The lowest BCUT2D eigenvalue weighted by Crippen LogP contribution is -2.39. The molecule has 1 atom stereocenters. The predicted molar refractivity (Wildman–Crippen MR) is 76.6 cm³/mol. The number of hydrogen-bond acceptors (Lipinski definition) is 4. The first-order chi connectivity index (χ1) is 8.48. The van der Waals surface area contributed by atoms with Crippen LogP contribution < -0.4 is 5.32 Å². The van der Waals surface area contributed by atoms with E-state index in [-0.39, 0.29) is 0 Å². The van der Waals surface area contributed by atoms with Crippen molar-refractivity contribution in [2.45, 2.75) is 26.0 Å². The lowest BCUT2D eigenvalue weighted by Gasteiger charge is -2.22. The van der Waals surface area contributed by atoms with Gasteiger partial charge in [-0.1, -0.05) is 6.07 Å². The van der Waals surface area contributed by atoms with Crippen LogP contribution in [-0.4, -0.2) is 29.3 Å². The first-order valence-corrected chi connectivity index (χ1v) is 7.29. The number of nitriles is 1. The first kappa shape index (κ1) is 15.0. The number of benzene rings is 1. The Labute approximate surface area is 113 Å². The van der Waals surface area contributed by atoms with Crippen molar-refractivity contribution in [3.63, 3.8) is 0 Å². The van der Waals surface area contributed by atoms with Crippen LogP contribution in [0.2, 0.25) is 0 Å². The number of thioether (sulfide) groups is 1. The molecular weight excluding hydrogens is 244 g/mol. The highest BCUT2D eigenvalue weighted by atomic mass is 32.2. The zero-order chi connectivity index (χ0) is 13.6. The van der Waals surface area contributed by atoms with Crippen LogP contribution in [0.1, 0.15) is 23.6 Å². The molecule has 0 aliphatic heterocycles. The monoisotopic (exact) mass is 264 g/mol. The van der Waals surface area contributed by atoms with Gasteiger partial charge in [0, 0.05) is 18.8 Å². The van der Waals surface area contributed by atoms with Gasteiger partial charge in [-0.3, -0.25) is 0 Å². The zero-order valence-electron chi connectivity index (χ0n) is 11.2. The van der Waals surface area contributed by atoms with Gasteiger partial charge in [-0.15, -0.1) is 0 Å². The van der Waals surface area contributed by atoms with Crippen molar-refractivity contribution in [3.05, 3.63) is 34.9 Å². The standard InChI is InChI=1S/C14H20N2OS/c1-11-6-12(7-15)4-5-13(11)8-16-9-14(2,17)10-18-3/h4-6,16-17H,8-10H2,1-3H3. The molecule has 0 saturated carbocycles. The van der Waals surface area contributed by atoms with Crippen molar-refractivity contribution < 1.29 is 5.11 Å². The van der Waals surface area contributed by atoms with Gasteiger partial charge in [0.1, 0.15) is 0 Å². The molecule has 0 aromatic heterocycles. The number of aryl methyl sites for hydroxylation is 1. The van der Waals surface area contributed by atoms with Gasteiger partial charge >= 0.3 is 0 Å². The molecule has 0 heterocycles. The van der Waals surface area contributed by atoms with E-state index < -0.39 is 5.60 Å². The Balaban J connectivity index is 2.52. The van der Waals surface area contributed by atoms with Gasteiger partial charge < -0.3 is 10.4 Å². The quantitative estimate of drug-likeness (QED) is 0.826. The highest BCUT2D eigenvalue weighted by molar-refractivity contribution is 7.98. The van der Waals surface area contributed by atoms with Gasteiger partial charge in [0.15, 0.2) is 0 Å². The summed E-state index contributed by atoms with van der Waals surface area (Å²) in [5, 5.41) is 22.1. The third-order valence-electron chi connectivity index (χ3n) is 2.75. The second-order valence-electron chi connectivity index (χ2n) is 4.79. The molecule has 4 heteroatoms. The van der Waals surface area contributed by atoms with Gasteiger partial charge in [-0.2, -0.15) is 17.0 Å². The van der Waals surface area contributed by atoms with Crippen LogP contribution in [0.15, 0.2) is 18.2 Å². The first-order valence-electron chi connectivity index (χ1n) is 5.90. The molecule has 3 nitrogen and oxygen atoms in total. The van der Waals surface area contributed by atoms with Crippen LogP contribution in [-0.2, 0) is 6.54 Å². The largest absolute Gasteiger partial charge is 0.388 e. The summed E-state index contributed by atoms with van der Waals surface area (Å²) < 4.78 is 0. The third kappa shape index (κ3) is 4.69. The van der Waals surface area contributed by atoms with Crippen LogP contribution in [0.4, 0.5) is 0 Å². The van der Waals surface area contributed by atoms with Crippen LogP contribution >= 0.6 is 11.8 Å². The summed E-state index contributed by atoms with van der Waals surface area (Å²) in [7, 11) is 0. The summed E-state index contributed by atoms with van der Waals surface area (Å²) in [5.41, 5.74) is 2.27. The highest BCUT2D eigenvalue weighted by Crippen LogP contribution is 2.12. The Morgan fingerprint density at radius 1 is 1.50 bits per heavy atom. The molecule has 18 heavy (non-hydrogen) atoms. The normalized spacial score (nSPS) is 13.9. The van der Waals surface area contributed by atoms with Gasteiger partial charge in [-0.05, 0) is 43.4 Å². The summed E-state index contributed by atoms with van der Waals surface area (Å²) >= 11 is 1.64. The SMILES string of the molecule is CSCC(C)(O)CNCc1ccc(C#N)cc1C. The predicted octanol–water partition coefficient (Wildman–Crippen LogP) is 2.07. The number of nitrogens with one attached hydrogen (secondary N) is 1. The van der Waals surface area contributed by atoms with E-state index in [1.165, 1.54) is 0 Å². The lowest BCUT2D eigenvalue weighted by atomic mass is 10.1. The average molecular weight is 264 g/mol. The molecule has 0 saturated heterocycles. The summed E-state index contributed by atoms with van der Waals surface area (Å²) in [6.45, 7) is 5.11. The number of hydrogen-bond donors (Lipinski definition) is 2. The summed E-state index contributed by atoms with van der Waals surface area (Å²) in [4.78, 5) is 0. The molecule has 0 radical (unpaired) electrons. The fourth-order valence-electron chi connectivity index (χ4n) is 1.79. The fraction of sp³-hybridized carbons (Fsp3) is 0.500. The molecule has 0 bridgehead atoms. The molecule has 98 valence electrons. The van der Waals surface area contributed by atoms with Crippen LogP contribution in [0.5, 0.6) is 0 Å². The van der Waals surface area contributed by atoms with Gasteiger partial charge in [0.2, 0.25) is 0 Å². The second-order valence-corrected chi connectivity index (χ2v) is 5.65. The molecule has 0 aliphatic carbocycles. The number of nitrogens with zero attached hydrogens (tertiary/aromatic N) is 1. The summed E-state index contributed by atoms with van der Waals surface area (Å²) in [5.74, 6) is 0.715. The lowest BCUT2D eigenvalue weighted by molar-refractivity contribution is 0.0846. The van der Waals surface area contributed by atoms with Crippen molar-refractivity contribution in [2.75, 3.05) is 18.6 Å². The van der Waals surface area contributed by atoms with E-state index in [0.29, 0.717) is 24.4 Å². The van der Waals surface area contributed by atoms with Crippen LogP contribution in [0, 0.1) is 18.3 Å². The molecule has 0 fully saturated rings. The van der Waals surface area contributed by atoms with Crippen LogP contribution in [0.3, 0.4) is 0 Å². The second kappa shape index (κ2) is 6.79. The van der Waals surface area contributed by atoms with E-state index in [2.05, 4.69) is 11.4 Å². The molecule has 0 aliphatic rings. The van der Waals surface area contributed by atoms with Gasteiger partial charge in [0.25, 0.3) is 0 Å². The molecule has 1 unspecified atom stereocenters.